The molecule has 1 aliphatic rings. The van der Waals surface area contributed by atoms with E-state index in [1.807, 2.05) is 0 Å². The van der Waals surface area contributed by atoms with Gasteiger partial charge in [0.05, 0.1) is 0 Å². The van der Waals surface area contributed by atoms with Crippen molar-refractivity contribution in [3.8, 4) is 0 Å². The lowest BCUT2D eigenvalue weighted by Crippen LogP contribution is -2.46. The Morgan fingerprint density at radius 3 is 2.31 bits per heavy atom. The average Bonchev–Trinajstić information content (AvgIpc) is 2.57. The Kier molecular flexibility index (Phi) is 5.05. The van der Waals surface area contributed by atoms with Crippen molar-refractivity contribution in [1.29, 1.82) is 0 Å². The van der Waals surface area contributed by atoms with Gasteiger partial charge in [0.25, 0.3) is 0 Å². The van der Waals surface area contributed by atoms with Gasteiger partial charge in [0.15, 0.2) is 0 Å². The van der Waals surface area contributed by atoms with Crippen LogP contribution in [0.4, 0.5) is 13.2 Å². The van der Waals surface area contributed by atoms with Gasteiger partial charge in [0, 0.05) is 18.5 Å². The summed E-state index contributed by atoms with van der Waals surface area (Å²) in [7, 11) is 0. The van der Waals surface area contributed by atoms with Gasteiger partial charge in [-0.3, -0.25) is 0 Å². The largest absolute Gasteiger partial charge is 0.389 e. The zero-order chi connectivity index (χ0) is 12.1. The molecule has 5 heteroatoms. The van der Waals surface area contributed by atoms with Crippen LogP contribution in [0.25, 0.3) is 0 Å². The summed E-state index contributed by atoms with van der Waals surface area (Å²) in [5, 5.41) is 3.16. The van der Waals surface area contributed by atoms with Crippen molar-refractivity contribution in [2.24, 2.45) is 5.73 Å². The molecule has 1 fully saturated rings. The van der Waals surface area contributed by atoms with Crippen molar-refractivity contribution < 1.29 is 13.2 Å². The van der Waals surface area contributed by atoms with Crippen LogP contribution in [0, 0.1) is 0 Å². The predicted octanol–water partition coefficient (Wildman–Crippen LogP) is 2.58. The molecule has 96 valence electrons. The van der Waals surface area contributed by atoms with E-state index in [0.717, 1.165) is 19.4 Å². The van der Waals surface area contributed by atoms with Crippen molar-refractivity contribution in [1.82, 2.24) is 5.32 Å². The molecule has 0 atom stereocenters. The minimum atomic E-state index is -4.01. The summed E-state index contributed by atoms with van der Waals surface area (Å²) in [4.78, 5) is 0. The Balaban J connectivity index is 1.96. The second-order valence-electron chi connectivity index (χ2n) is 4.82. The molecule has 0 aromatic carbocycles. The van der Waals surface area contributed by atoms with Crippen molar-refractivity contribution in [2.45, 2.75) is 56.7 Å². The first-order valence-corrected chi connectivity index (χ1v) is 5.98. The molecule has 1 aliphatic carbocycles. The summed E-state index contributed by atoms with van der Waals surface area (Å²) in [6.45, 7) is 1.37. The van der Waals surface area contributed by atoms with Gasteiger partial charge >= 0.3 is 6.18 Å². The van der Waals surface area contributed by atoms with E-state index in [9.17, 15) is 13.2 Å². The second-order valence-corrected chi connectivity index (χ2v) is 4.82. The third kappa shape index (κ3) is 5.70. The first-order chi connectivity index (χ1) is 7.41. The molecule has 2 nitrogen and oxygen atoms in total. The third-order valence-corrected chi connectivity index (χ3v) is 3.14. The zero-order valence-electron chi connectivity index (χ0n) is 9.58. The van der Waals surface area contributed by atoms with Gasteiger partial charge in [-0.1, -0.05) is 12.8 Å². The van der Waals surface area contributed by atoms with E-state index in [2.05, 4.69) is 5.32 Å². The van der Waals surface area contributed by atoms with Crippen LogP contribution in [0.5, 0.6) is 0 Å². The van der Waals surface area contributed by atoms with Gasteiger partial charge in [-0.05, 0) is 32.2 Å². The molecule has 0 radical (unpaired) electrons. The minimum Gasteiger partial charge on any atom is -0.324 e. The van der Waals surface area contributed by atoms with Crippen molar-refractivity contribution in [3.63, 3.8) is 0 Å². The van der Waals surface area contributed by atoms with E-state index in [1.165, 1.54) is 12.8 Å². The molecule has 0 unspecified atom stereocenters. The zero-order valence-corrected chi connectivity index (χ0v) is 9.58. The Labute approximate surface area is 94.8 Å². The number of halogens is 3. The molecule has 16 heavy (non-hydrogen) atoms. The molecule has 0 amide bonds. The number of unbranched alkanes of at least 4 members (excludes halogenated alkanes) is 1. The van der Waals surface area contributed by atoms with E-state index < -0.39 is 12.6 Å². The van der Waals surface area contributed by atoms with Crippen LogP contribution in [-0.4, -0.2) is 24.8 Å². The fourth-order valence-corrected chi connectivity index (χ4v) is 2.17. The Hall–Kier alpha value is -0.290. The quantitative estimate of drug-likeness (QED) is 0.698. The molecule has 1 saturated carbocycles. The summed E-state index contributed by atoms with van der Waals surface area (Å²) in [5.41, 5.74) is 5.99. The van der Waals surface area contributed by atoms with E-state index in [1.54, 1.807) is 0 Å². The van der Waals surface area contributed by atoms with Crippen LogP contribution < -0.4 is 11.1 Å². The Morgan fingerprint density at radius 2 is 1.75 bits per heavy atom. The molecule has 3 N–H and O–H groups in total. The van der Waals surface area contributed by atoms with Crippen LogP contribution in [0.2, 0.25) is 0 Å². The van der Waals surface area contributed by atoms with E-state index in [0.29, 0.717) is 13.0 Å². The van der Waals surface area contributed by atoms with Crippen LogP contribution in [0.1, 0.15) is 44.9 Å². The summed E-state index contributed by atoms with van der Waals surface area (Å²) in [5.74, 6) is 0. The summed E-state index contributed by atoms with van der Waals surface area (Å²) in [6, 6.07) is 0. The van der Waals surface area contributed by atoms with Crippen LogP contribution in [0.15, 0.2) is 0 Å². The first kappa shape index (κ1) is 13.8. The highest BCUT2D eigenvalue weighted by Gasteiger charge is 2.28. The highest BCUT2D eigenvalue weighted by Crippen LogP contribution is 2.26. The summed E-state index contributed by atoms with van der Waals surface area (Å²) < 4.78 is 35.5. The maximum absolute atomic E-state index is 11.8. The lowest BCUT2D eigenvalue weighted by atomic mass is 9.99. The third-order valence-electron chi connectivity index (χ3n) is 3.14. The molecule has 1 rings (SSSR count). The highest BCUT2D eigenvalue weighted by atomic mass is 19.4. The smallest absolute Gasteiger partial charge is 0.324 e. The molecular formula is C11H21F3N2. The topological polar surface area (TPSA) is 38.0 Å². The van der Waals surface area contributed by atoms with Gasteiger partial charge in [0.1, 0.15) is 0 Å². The van der Waals surface area contributed by atoms with Crippen molar-refractivity contribution in [3.05, 3.63) is 0 Å². The average molecular weight is 238 g/mol. The molecule has 0 aromatic heterocycles. The van der Waals surface area contributed by atoms with Crippen molar-refractivity contribution >= 4 is 0 Å². The van der Waals surface area contributed by atoms with Crippen LogP contribution in [-0.2, 0) is 0 Å². The van der Waals surface area contributed by atoms with E-state index in [-0.39, 0.29) is 12.0 Å². The van der Waals surface area contributed by atoms with Crippen LogP contribution >= 0.6 is 0 Å². The highest BCUT2D eigenvalue weighted by molar-refractivity contribution is 4.90. The maximum Gasteiger partial charge on any atom is 0.389 e. The molecular weight excluding hydrogens is 217 g/mol. The number of nitrogens with one attached hydrogen (secondary N) is 1. The number of hydrogen-bond donors (Lipinski definition) is 2. The van der Waals surface area contributed by atoms with Gasteiger partial charge in [-0.25, -0.2) is 0 Å². The summed E-state index contributed by atoms with van der Waals surface area (Å²) >= 11 is 0. The summed E-state index contributed by atoms with van der Waals surface area (Å²) in [6.07, 6.45) is 0.482. The predicted molar refractivity (Wildman–Crippen MR) is 58.2 cm³/mol. The first-order valence-electron chi connectivity index (χ1n) is 5.98. The van der Waals surface area contributed by atoms with Gasteiger partial charge < -0.3 is 11.1 Å². The molecule has 0 aliphatic heterocycles. The van der Waals surface area contributed by atoms with Gasteiger partial charge in [-0.2, -0.15) is 13.2 Å². The Morgan fingerprint density at radius 1 is 1.12 bits per heavy atom. The number of hydrogen-bond acceptors (Lipinski definition) is 2. The number of nitrogens with two attached hydrogens (primary N) is 1. The maximum atomic E-state index is 11.8. The normalized spacial score (nSPS) is 20.2. The van der Waals surface area contributed by atoms with Gasteiger partial charge in [-0.15, -0.1) is 0 Å². The number of alkyl halides is 3. The second kappa shape index (κ2) is 5.87. The lowest BCUT2D eigenvalue weighted by Gasteiger charge is -2.23. The van der Waals surface area contributed by atoms with Crippen molar-refractivity contribution in [2.75, 3.05) is 13.1 Å². The van der Waals surface area contributed by atoms with E-state index in [4.69, 9.17) is 5.73 Å². The molecule has 0 aromatic rings. The number of rotatable bonds is 6. The SMILES string of the molecule is NC1(CNCCCCC(F)(F)F)CCCC1. The molecule has 0 spiro atoms. The Bertz CT molecular complexity index is 198. The van der Waals surface area contributed by atoms with Crippen LogP contribution in [0.3, 0.4) is 0 Å². The fourth-order valence-electron chi connectivity index (χ4n) is 2.17. The molecule has 0 bridgehead atoms. The minimum absolute atomic E-state index is 0.107. The van der Waals surface area contributed by atoms with Gasteiger partial charge in [0.2, 0.25) is 0 Å². The lowest BCUT2D eigenvalue weighted by molar-refractivity contribution is -0.135. The molecule has 0 heterocycles. The fraction of sp³-hybridized carbons (Fsp3) is 1.00. The monoisotopic (exact) mass is 238 g/mol. The van der Waals surface area contributed by atoms with E-state index >= 15 is 0 Å². The molecule has 0 saturated heterocycles. The standard InChI is InChI=1S/C11H21F3N2/c12-11(13,14)7-3-4-8-16-9-10(15)5-1-2-6-10/h16H,1-9,15H2.